The van der Waals surface area contributed by atoms with Gasteiger partial charge in [0.25, 0.3) is 0 Å². The number of carboxylic acids is 1. The Balaban J connectivity index is 3.16. The van der Waals surface area contributed by atoms with Crippen molar-refractivity contribution in [2.24, 2.45) is 0 Å². The van der Waals surface area contributed by atoms with Crippen molar-refractivity contribution in [2.45, 2.75) is 64.1 Å². The van der Waals surface area contributed by atoms with Crippen LogP contribution < -0.4 is 0 Å². The number of hydrogen-bond donors (Lipinski definition) is 1. The second-order valence-electron chi connectivity index (χ2n) is 5.54. The van der Waals surface area contributed by atoms with E-state index in [4.69, 9.17) is 5.11 Å². The summed E-state index contributed by atoms with van der Waals surface area (Å²) >= 11 is 1.23. The number of carboxylic acid groups (broad SMARTS) is 1. The quantitative estimate of drug-likeness (QED) is 0.813. The Morgan fingerprint density at radius 3 is 2.32 bits per heavy atom. The predicted octanol–water partition coefficient (Wildman–Crippen LogP) is 3.11. The van der Waals surface area contributed by atoms with Gasteiger partial charge in [0.15, 0.2) is 5.16 Å². The maximum absolute atomic E-state index is 10.7. The highest BCUT2D eigenvalue weighted by molar-refractivity contribution is 7.99. The number of thioether (sulfide) groups is 1. The minimum Gasteiger partial charge on any atom is -0.481 e. The van der Waals surface area contributed by atoms with E-state index in [0.717, 1.165) is 18.7 Å². The molecule has 0 aromatic carbocycles. The lowest BCUT2D eigenvalue weighted by Crippen LogP contribution is -2.26. The van der Waals surface area contributed by atoms with Gasteiger partial charge >= 0.3 is 5.97 Å². The summed E-state index contributed by atoms with van der Waals surface area (Å²) in [6, 6.07) is 0. The zero-order valence-corrected chi connectivity index (χ0v) is 13.1. The molecular formula is C13H23N3O2S. The third kappa shape index (κ3) is 3.96. The SMILES string of the molecule is CCC(CC)c1nnc(SCC(=O)O)n1C(C)(C)C. The Labute approximate surface area is 118 Å². The molecule has 0 saturated heterocycles. The summed E-state index contributed by atoms with van der Waals surface area (Å²) < 4.78 is 2.08. The first kappa shape index (κ1) is 16.0. The van der Waals surface area contributed by atoms with Gasteiger partial charge in [-0.2, -0.15) is 0 Å². The van der Waals surface area contributed by atoms with E-state index in [2.05, 4.69) is 49.4 Å². The fraction of sp³-hybridized carbons (Fsp3) is 0.769. The molecule has 0 fully saturated rings. The fourth-order valence-electron chi connectivity index (χ4n) is 2.05. The first-order valence-corrected chi connectivity index (χ1v) is 7.60. The van der Waals surface area contributed by atoms with E-state index in [9.17, 15) is 4.79 Å². The molecule has 1 heterocycles. The van der Waals surface area contributed by atoms with Crippen LogP contribution in [0.15, 0.2) is 5.16 Å². The van der Waals surface area contributed by atoms with Crippen LogP contribution >= 0.6 is 11.8 Å². The van der Waals surface area contributed by atoms with E-state index in [1.165, 1.54) is 11.8 Å². The second kappa shape index (κ2) is 6.41. The zero-order valence-electron chi connectivity index (χ0n) is 12.3. The lowest BCUT2D eigenvalue weighted by Gasteiger charge is -2.27. The fourth-order valence-corrected chi connectivity index (χ4v) is 2.90. The summed E-state index contributed by atoms with van der Waals surface area (Å²) in [5.41, 5.74) is -0.151. The lowest BCUT2D eigenvalue weighted by molar-refractivity contribution is -0.133. The highest BCUT2D eigenvalue weighted by Gasteiger charge is 2.26. The van der Waals surface area contributed by atoms with E-state index in [-0.39, 0.29) is 11.3 Å². The number of hydrogen-bond acceptors (Lipinski definition) is 4. The predicted molar refractivity (Wildman–Crippen MR) is 76.7 cm³/mol. The Bertz CT molecular complexity index is 434. The van der Waals surface area contributed by atoms with Crippen molar-refractivity contribution in [1.29, 1.82) is 0 Å². The van der Waals surface area contributed by atoms with Crippen LogP contribution in [0, 0.1) is 0 Å². The Morgan fingerprint density at radius 2 is 1.89 bits per heavy atom. The molecule has 1 rings (SSSR count). The van der Waals surface area contributed by atoms with Crippen molar-refractivity contribution in [1.82, 2.24) is 14.8 Å². The van der Waals surface area contributed by atoms with E-state index in [0.29, 0.717) is 11.1 Å². The molecule has 6 heteroatoms. The molecule has 19 heavy (non-hydrogen) atoms. The van der Waals surface area contributed by atoms with Gasteiger partial charge in [-0.05, 0) is 33.6 Å². The van der Waals surface area contributed by atoms with Crippen LogP contribution in [0.4, 0.5) is 0 Å². The van der Waals surface area contributed by atoms with Crippen molar-refractivity contribution in [3.63, 3.8) is 0 Å². The number of rotatable bonds is 6. The Morgan fingerprint density at radius 1 is 1.32 bits per heavy atom. The van der Waals surface area contributed by atoms with E-state index in [1.54, 1.807) is 0 Å². The zero-order chi connectivity index (χ0) is 14.6. The number of aromatic nitrogens is 3. The molecule has 5 nitrogen and oxygen atoms in total. The number of aliphatic carboxylic acids is 1. The second-order valence-corrected chi connectivity index (χ2v) is 6.49. The van der Waals surface area contributed by atoms with Crippen molar-refractivity contribution in [3.05, 3.63) is 5.82 Å². The molecule has 0 bridgehead atoms. The van der Waals surface area contributed by atoms with Gasteiger partial charge < -0.3 is 9.67 Å². The van der Waals surface area contributed by atoms with E-state index >= 15 is 0 Å². The molecule has 0 spiro atoms. The summed E-state index contributed by atoms with van der Waals surface area (Å²) in [6.45, 7) is 10.5. The van der Waals surface area contributed by atoms with Crippen molar-refractivity contribution < 1.29 is 9.90 Å². The summed E-state index contributed by atoms with van der Waals surface area (Å²) in [7, 11) is 0. The molecular weight excluding hydrogens is 262 g/mol. The molecule has 0 aliphatic rings. The van der Waals surface area contributed by atoms with Crippen LogP contribution in [0.2, 0.25) is 0 Å². The van der Waals surface area contributed by atoms with Gasteiger partial charge in [-0.25, -0.2) is 0 Å². The molecule has 0 aliphatic carbocycles. The smallest absolute Gasteiger partial charge is 0.313 e. The van der Waals surface area contributed by atoms with Crippen LogP contribution in [-0.2, 0) is 10.3 Å². The molecule has 0 radical (unpaired) electrons. The minimum absolute atomic E-state index is 0.0110. The largest absolute Gasteiger partial charge is 0.481 e. The molecule has 0 amide bonds. The first-order valence-electron chi connectivity index (χ1n) is 6.61. The van der Waals surface area contributed by atoms with Crippen molar-refractivity contribution >= 4 is 17.7 Å². The normalized spacial score (nSPS) is 12.1. The summed E-state index contributed by atoms with van der Waals surface area (Å²) in [4.78, 5) is 10.7. The summed E-state index contributed by atoms with van der Waals surface area (Å²) in [5, 5.41) is 18.0. The highest BCUT2D eigenvalue weighted by Crippen LogP contribution is 2.31. The average molecular weight is 285 g/mol. The maximum atomic E-state index is 10.7. The van der Waals surface area contributed by atoms with Crippen molar-refractivity contribution in [3.8, 4) is 0 Å². The van der Waals surface area contributed by atoms with Crippen LogP contribution in [0.3, 0.4) is 0 Å². The maximum Gasteiger partial charge on any atom is 0.313 e. The molecule has 1 N–H and O–H groups in total. The molecule has 0 atom stereocenters. The van der Waals surface area contributed by atoms with Gasteiger partial charge in [0.2, 0.25) is 0 Å². The van der Waals surface area contributed by atoms with Crippen LogP contribution in [0.25, 0.3) is 0 Å². The van der Waals surface area contributed by atoms with E-state index < -0.39 is 5.97 Å². The highest BCUT2D eigenvalue weighted by atomic mass is 32.2. The summed E-state index contributed by atoms with van der Waals surface area (Å²) in [5.74, 6) is 0.505. The van der Waals surface area contributed by atoms with Gasteiger partial charge in [-0.15, -0.1) is 10.2 Å². The molecule has 1 aromatic heterocycles. The van der Waals surface area contributed by atoms with Gasteiger partial charge in [0.1, 0.15) is 5.82 Å². The molecule has 108 valence electrons. The lowest BCUT2D eigenvalue weighted by atomic mass is 10.0. The first-order chi connectivity index (χ1) is 8.81. The third-order valence-corrected chi connectivity index (χ3v) is 3.92. The van der Waals surface area contributed by atoms with Crippen LogP contribution in [0.1, 0.15) is 59.2 Å². The molecule has 0 saturated carbocycles. The topological polar surface area (TPSA) is 68.0 Å². The van der Waals surface area contributed by atoms with Crippen LogP contribution in [0.5, 0.6) is 0 Å². The monoisotopic (exact) mass is 285 g/mol. The number of carbonyl (C=O) groups is 1. The standard InChI is InChI=1S/C13H23N3O2S/c1-6-9(7-2)11-14-15-12(19-8-10(17)18)16(11)13(3,4)5/h9H,6-8H2,1-5H3,(H,17,18). The Kier molecular flexibility index (Phi) is 5.40. The van der Waals surface area contributed by atoms with Gasteiger partial charge in [-0.1, -0.05) is 25.6 Å². The van der Waals surface area contributed by atoms with Crippen molar-refractivity contribution in [2.75, 3.05) is 5.75 Å². The number of nitrogens with zero attached hydrogens (tertiary/aromatic N) is 3. The van der Waals surface area contributed by atoms with Gasteiger partial charge in [0.05, 0.1) is 5.75 Å². The third-order valence-electron chi connectivity index (χ3n) is 3.00. The molecule has 1 aromatic rings. The van der Waals surface area contributed by atoms with Gasteiger partial charge in [0, 0.05) is 11.5 Å². The average Bonchev–Trinajstić information content (AvgIpc) is 2.72. The Hall–Kier alpha value is -1.04. The summed E-state index contributed by atoms with van der Waals surface area (Å²) in [6.07, 6.45) is 2.02. The van der Waals surface area contributed by atoms with Gasteiger partial charge in [-0.3, -0.25) is 4.79 Å². The molecule has 0 unspecified atom stereocenters. The minimum atomic E-state index is -0.836. The van der Waals surface area contributed by atoms with E-state index in [1.807, 2.05) is 0 Å². The molecule has 0 aliphatic heterocycles. The van der Waals surface area contributed by atoms with Crippen LogP contribution in [-0.4, -0.2) is 31.6 Å².